The summed E-state index contributed by atoms with van der Waals surface area (Å²) < 4.78 is 0. The first kappa shape index (κ1) is 19.3. The zero-order valence-electron chi connectivity index (χ0n) is 15.7. The van der Waals surface area contributed by atoms with Gasteiger partial charge in [-0.05, 0) is 50.7 Å². The maximum atomic E-state index is 12.4. The molecule has 1 fully saturated rings. The lowest BCUT2D eigenvalue weighted by Gasteiger charge is -2.33. The van der Waals surface area contributed by atoms with Crippen LogP contribution in [-0.4, -0.2) is 42.0 Å². The molecule has 0 bridgehead atoms. The molecule has 1 aliphatic rings. The van der Waals surface area contributed by atoms with E-state index in [2.05, 4.69) is 31.4 Å². The number of carbonyl (C=O) groups is 2. The predicted molar refractivity (Wildman–Crippen MR) is 101 cm³/mol. The van der Waals surface area contributed by atoms with Gasteiger partial charge in [-0.15, -0.1) is 0 Å². The Bertz CT molecular complexity index is 562. The lowest BCUT2D eigenvalue weighted by Crippen LogP contribution is -2.51. The van der Waals surface area contributed by atoms with Crippen molar-refractivity contribution >= 4 is 11.9 Å². The molecule has 1 saturated heterocycles. The van der Waals surface area contributed by atoms with Crippen LogP contribution in [-0.2, 0) is 0 Å². The van der Waals surface area contributed by atoms with Gasteiger partial charge in [0.2, 0.25) is 0 Å². The Labute approximate surface area is 151 Å². The fourth-order valence-corrected chi connectivity index (χ4v) is 3.09. The number of rotatable bonds is 6. The maximum Gasteiger partial charge on any atom is 0.315 e. The number of nitrogens with zero attached hydrogens (tertiary/aromatic N) is 1. The normalized spacial score (nSPS) is 15.7. The van der Waals surface area contributed by atoms with Gasteiger partial charge in [-0.3, -0.25) is 4.79 Å². The van der Waals surface area contributed by atoms with Crippen molar-refractivity contribution in [2.24, 2.45) is 5.92 Å². The third-order valence-electron chi connectivity index (χ3n) is 5.45. The van der Waals surface area contributed by atoms with E-state index in [9.17, 15) is 9.59 Å². The lowest BCUT2D eigenvalue weighted by atomic mass is 9.95. The van der Waals surface area contributed by atoms with Crippen LogP contribution in [0.3, 0.4) is 0 Å². The molecule has 5 nitrogen and oxygen atoms in total. The number of hydrogen-bond acceptors (Lipinski definition) is 2. The number of carbonyl (C=O) groups excluding carboxylic acids is 2. The quantitative estimate of drug-likeness (QED) is 0.830. The molecule has 0 aliphatic carbocycles. The Morgan fingerprint density at radius 2 is 1.72 bits per heavy atom. The van der Waals surface area contributed by atoms with Crippen molar-refractivity contribution in [3.8, 4) is 0 Å². The van der Waals surface area contributed by atoms with Gasteiger partial charge in [0.05, 0.1) is 0 Å². The Kier molecular flexibility index (Phi) is 6.85. The molecule has 25 heavy (non-hydrogen) atoms. The molecule has 5 heteroatoms. The van der Waals surface area contributed by atoms with Gasteiger partial charge < -0.3 is 15.5 Å². The molecule has 1 heterocycles. The average molecular weight is 345 g/mol. The second-order valence-corrected chi connectivity index (χ2v) is 7.20. The minimum absolute atomic E-state index is 0.0889. The number of benzene rings is 1. The van der Waals surface area contributed by atoms with Gasteiger partial charge in [-0.1, -0.05) is 32.0 Å². The van der Waals surface area contributed by atoms with Crippen molar-refractivity contribution in [2.45, 2.75) is 52.0 Å². The van der Waals surface area contributed by atoms with E-state index in [-0.39, 0.29) is 17.5 Å². The van der Waals surface area contributed by atoms with Crippen molar-refractivity contribution < 1.29 is 9.59 Å². The lowest BCUT2D eigenvalue weighted by molar-refractivity contribution is 0.0690. The zero-order valence-corrected chi connectivity index (χ0v) is 15.7. The zero-order chi connectivity index (χ0) is 18.3. The predicted octanol–water partition coefficient (Wildman–Crippen LogP) is 3.42. The molecule has 1 aliphatic heterocycles. The molecule has 1 aromatic carbocycles. The molecule has 0 spiro atoms. The summed E-state index contributed by atoms with van der Waals surface area (Å²) >= 11 is 0. The number of likely N-dealkylation sites (tertiary alicyclic amines) is 1. The smallest absolute Gasteiger partial charge is 0.315 e. The van der Waals surface area contributed by atoms with E-state index in [1.165, 1.54) is 0 Å². The molecule has 2 rings (SSSR count). The molecule has 138 valence electrons. The number of urea groups is 1. The van der Waals surface area contributed by atoms with Gasteiger partial charge in [0.25, 0.3) is 5.91 Å². The largest absolute Gasteiger partial charge is 0.339 e. The second-order valence-electron chi connectivity index (χ2n) is 7.20. The summed E-state index contributed by atoms with van der Waals surface area (Å²) in [5.41, 5.74) is 0.604. The molecule has 0 aromatic heterocycles. The van der Waals surface area contributed by atoms with Crippen LogP contribution in [0.15, 0.2) is 30.3 Å². The minimum Gasteiger partial charge on any atom is -0.339 e. The Balaban J connectivity index is 1.74. The summed E-state index contributed by atoms with van der Waals surface area (Å²) in [6.07, 6.45) is 3.68. The highest BCUT2D eigenvalue weighted by molar-refractivity contribution is 5.94. The third kappa shape index (κ3) is 5.48. The molecular formula is C20H31N3O2. The highest BCUT2D eigenvalue weighted by atomic mass is 16.2. The number of nitrogens with one attached hydrogen (secondary N) is 2. The van der Waals surface area contributed by atoms with Gasteiger partial charge in [-0.2, -0.15) is 0 Å². The number of hydrogen-bond donors (Lipinski definition) is 2. The Morgan fingerprint density at radius 1 is 1.12 bits per heavy atom. The first-order valence-corrected chi connectivity index (χ1v) is 9.37. The van der Waals surface area contributed by atoms with Crippen LogP contribution in [0.2, 0.25) is 0 Å². The first-order chi connectivity index (χ1) is 12.0. The van der Waals surface area contributed by atoms with E-state index < -0.39 is 0 Å². The Morgan fingerprint density at radius 3 is 2.28 bits per heavy atom. The molecule has 3 amide bonds. The summed E-state index contributed by atoms with van der Waals surface area (Å²) in [4.78, 5) is 26.4. The highest BCUT2D eigenvalue weighted by Gasteiger charge is 2.25. The maximum absolute atomic E-state index is 12.4. The number of piperidine rings is 1. The average Bonchev–Trinajstić information content (AvgIpc) is 2.66. The molecule has 0 atom stereocenters. The summed E-state index contributed by atoms with van der Waals surface area (Å²) in [6.45, 7) is 8.42. The van der Waals surface area contributed by atoms with Gasteiger partial charge in [0.15, 0.2) is 0 Å². The van der Waals surface area contributed by atoms with Crippen molar-refractivity contribution in [3.05, 3.63) is 35.9 Å². The summed E-state index contributed by atoms with van der Waals surface area (Å²) in [7, 11) is 0. The number of amides is 3. The Hall–Kier alpha value is -2.04. The third-order valence-corrected chi connectivity index (χ3v) is 5.45. The van der Waals surface area contributed by atoms with Crippen molar-refractivity contribution in [2.75, 3.05) is 19.6 Å². The van der Waals surface area contributed by atoms with Gasteiger partial charge in [0, 0.05) is 30.7 Å². The topological polar surface area (TPSA) is 61.4 Å². The van der Waals surface area contributed by atoms with E-state index in [4.69, 9.17) is 0 Å². The highest BCUT2D eigenvalue weighted by Crippen LogP contribution is 2.19. The summed E-state index contributed by atoms with van der Waals surface area (Å²) in [5, 5.41) is 6.07. The van der Waals surface area contributed by atoms with E-state index in [0.29, 0.717) is 12.5 Å². The van der Waals surface area contributed by atoms with Gasteiger partial charge in [-0.25, -0.2) is 4.79 Å². The van der Waals surface area contributed by atoms with E-state index in [0.717, 1.165) is 44.3 Å². The van der Waals surface area contributed by atoms with Crippen molar-refractivity contribution in [1.82, 2.24) is 15.5 Å². The standard InChI is InChI=1S/C20H31N3O2/c1-4-20(3,5-2)22-19(25)21-15-16-11-13-23(14-12-16)18(24)17-9-7-6-8-10-17/h6-10,16H,4-5,11-15H2,1-3H3,(H2,21,22,25). The van der Waals surface area contributed by atoms with Crippen LogP contribution in [0.5, 0.6) is 0 Å². The van der Waals surface area contributed by atoms with Crippen LogP contribution in [0.4, 0.5) is 4.79 Å². The van der Waals surface area contributed by atoms with E-state index >= 15 is 0 Å². The fourth-order valence-electron chi connectivity index (χ4n) is 3.09. The molecule has 2 N–H and O–H groups in total. The monoisotopic (exact) mass is 345 g/mol. The van der Waals surface area contributed by atoms with Crippen LogP contribution in [0, 0.1) is 5.92 Å². The van der Waals surface area contributed by atoms with Crippen LogP contribution >= 0.6 is 0 Å². The molecule has 0 saturated carbocycles. The molecular weight excluding hydrogens is 314 g/mol. The fraction of sp³-hybridized carbons (Fsp3) is 0.600. The second kappa shape index (κ2) is 8.88. The van der Waals surface area contributed by atoms with Crippen molar-refractivity contribution in [1.29, 1.82) is 0 Å². The van der Waals surface area contributed by atoms with Gasteiger partial charge >= 0.3 is 6.03 Å². The van der Waals surface area contributed by atoms with Gasteiger partial charge in [0.1, 0.15) is 0 Å². The summed E-state index contributed by atoms with van der Waals surface area (Å²) in [5.74, 6) is 0.534. The first-order valence-electron chi connectivity index (χ1n) is 9.37. The SMILES string of the molecule is CCC(C)(CC)NC(=O)NCC1CCN(C(=O)c2ccccc2)CC1. The van der Waals surface area contributed by atoms with E-state index in [1.807, 2.05) is 35.2 Å². The minimum atomic E-state index is -0.143. The van der Waals surface area contributed by atoms with Crippen LogP contribution in [0.1, 0.15) is 56.8 Å². The molecule has 1 aromatic rings. The summed E-state index contributed by atoms with van der Waals surface area (Å²) in [6, 6.07) is 9.33. The van der Waals surface area contributed by atoms with Crippen molar-refractivity contribution in [3.63, 3.8) is 0 Å². The van der Waals surface area contributed by atoms with Crippen LogP contribution < -0.4 is 10.6 Å². The molecule has 0 unspecified atom stereocenters. The van der Waals surface area contributed by atoms with E-state index in [1.54, 1.807) is 0 Å². The molecule has 0 radical (unpaired) electrons. The van der Waals surface area contributed by atoms with Crippen LogP contribution in [0.25, 0.3) is 0 Å².